The van der Waals surface area contributed by atoms with Crippen molar-refractivity contribution < 1.29 is 4.79 Å². The lowest BCUT2D eigenvalue weighted by molar-refractivity contribution is 0.0745. The summed E-state index contributed by atoms with van der Waals surface area (Å²) in [5.41, 5.74) is 1.65. The molecule has 122 valence electrons. The molecule has 0 spiro atoms. The zero-order valence-corrected chi connectivity index (χ0v) is 14.4. The number of nitrogens with one attached hydrogen (secondary N) is 1. The number of carbonyl (C=O) groups excluding carboxylic acids is 1. The summed E-state index contributed by atoms with van der Waals surface area (Å²) in [7, 11) is 0. The topological polar surface area (TPSA) is 69.3 Å². The van der Waals surface area contributed by atoms with Gasteiger partial charge in [0, 0.05) is 49.0 Å². The Morgan fingerprint density at radius 3 is 2.48 bits per heavy atom. The SMILES string of the molecule is Cc1nc(N2CCN(C(=O)c3c[nH]cc(C)c3=O)CC2)sc1C. The van der Waals surface area contributed by atoms with Crippen LogP contribution in [0, 0.1) is 20.8 Å². The van der Waals surface area contributed by atoms with Crippen molar-refractivity contribution in [3.63, 3.8) is 0 Å². The molecule has 0 aromatic carbocycles. The van der Waals surface area contributed by atoms with E-state index in [0.717, 1.165) is 23.9 Å². The maximum Gasteiger partial charge on any atom is 0.259 e. The molecular weight excluding hydrogens is 312 g/mol. The molecule has 0 unspecified atom stereocenters. The second kappa shape index (κ2) is 6.16. The third-order valence-corrected chi connectivity index (χ3v) is 5.35. The van der Waals surface area contributed by atoms with Gasteiger partial charge in [0.15, 0.2) is 10.6 Å². The molecule has 7 heteroatoms. The van der Waals surface area contributed by atoms with E-state index in [1.165, 1.54) is 11.1 Å². The standard InChI is InChI=1S/C16H20N4O2S/c1-10-8-17-9-13(14(10)21)15(22)19-4-6-20(7-5-19)16-18-11(2)12(3)23-16/h8-9H,4-7H2,1-3H3,(H,17,21). The summed E-state index contributed by atoms with van der Waals surface area (Å²) in [4.78, 5) is 37.3. The highest BCUT2D eigenvalue weighted by molar-refractivity contribution is 7.15. The predicted octanol–water partition coefficient (Wildman–Crippen LogP) is 1.72. The second-order valence-corrected chi connectivity index (χ2v) is 6.98. The third-order valence-electron chi connectivity index (χ3n) is 4.22. The summed E-state index contributed by atoms with van der Waals surface area (Å²) in [6, 6.07) is 0. The number of thiazole rings is 1. The Kier molecular flexibility index (Phi) is 4.21. The lowest BCUT2D eigenvalue weighted by Crippen LogP contribution is -2.49. The monoisotopic (exact) mass is 332 g/mol. The number of H-pyrrole nitrogens is 1. The number of aromatic nitrogens is 2. The molecule has 0 saturated carbocycles. The molecule has 1 amide bonds. The van der Waals surface area contributed by atoms with Crippen LogP contribution in [-0.4, -0.2) is 47.0 Å². The third kappa shape index (κ3) is 3.01. The van der Waals surface area contributed by atoms with Gasteiger partial charge < -0.3 is 14.8 Å². The molecule has 1 saturated heterocycles. The zero-order chi connectivity index (χ0) is 16.6. The number of pyridine rings is 1. The van der Waals surface area contributed by atoms with Crippen molar-refractivity contribution in [3.8, 4) is 0 Å². The molecule has 2 aromatic heterocycles. The number of rotatable bonds is 2. The lowest BCUT2D eigenvalue weighted by Gasteiger charge is -2.34. The smallest absolute Gasteiger partial charge is 0.259 e. The van der Waals surface area contributed by atoms with Crippen LogP contribution in [0.25, 0.3) is 0 Å². The number of hydrogen-bond donors (Lipinski definition) is 1. The molecule has 1 fully saturated rings. The van der Waals surface area contributed by atoms with Gasteiger partial charge in [0.05, 0.1) is 5.69 Å². The highest BCUT2D eigenvalue weighted by atomic mass is 32.1. The van der Waals surface area contributed by atoms with E-state index < -0.39 is 0 Å². The van der Waals surface area contributed by atoms with E-state index in [0.29, 0.717) is 18.7 Å². The number of piperazine rings is 1. The maximum absolute atomic E-state index is 12.5. The molecule has 1 N–H and O–H groups in total. The van der Waals surface area contributed by atoms with Crippen molar-refractivity contribution in [2.45, 2.75) is 20.8 Å². The summed E-state index contributed by atoms with van der Waals surface area (Å²) < 4.78 is 0. The lowest BCUT2D eigenvalue weighted by atomic mass is 10.1. The van der Waals surface area contributed by atoms with Gasteiger partial charge in [-0.1, -0.05) is 0 Å². The van der Waals surface area contributed by atoms with Crippen LogP contribution in [0.15, 0.2) is 17.2 Å². The fraction of sp³-hybridized carbons (Fsp3) is 0.438. The van der Waals surface area contributed by atoms with Gasteiger partial charge in [-0.15, -0.1) is 11.3 Å². The summed E-state index contributed by atoms with van der Waals surface area (Å²) in [6.07, 6.45) is 3.11. The summed E-state index contributed by atoms with van der Waals surface area (Å²) in [6.45, 7) is 8.47. The first kappa shape index (κ1) is 15.7. The minimum atomic E-state index is -0.193. The van der Waals surface area contributed by atoms with E-state index in [9.17, 15) is 9.59 Å². The van der Waals surface area contributed by atoms with Crippen molar-refractivity contribution in [2.75, 3.05) is 31.1 Å². The zero-order valence-electron chi connectivity index (χ0n) is 13.5. The molecule has 23 heavy (non-hydrogen) atoms. The maximum atomic E-state index is 12.5. The average Bonchev–Trinajstić information content (AvgIpc) is 2.89. The summed E-state index contributed by atoms with van der Waals surface area (Å²) >= 11 is 1.69. The molecule has 1 aliphatic rings. The fourth-order valence-corrected chi connectivity index (χ4v) is 3.58. The van der Waals surface area contributed by atoms with Gasteiger partial charge in [0.1, 0.15) is 5.56 Å². The van der Waals surface area contributed by atoms with E-state index in [-0.39, 0.29) is 16.9 Å². The predicted molar refractivity (Wildman–Crippen MR) is 91.5 cm³/mol. The Bertz CT molecular complexity index is 768. The number of anilines is 1. The molecule has 2 aromatic rings. The van der Waals surface area contributed by atoms with E-state index in [1.807, 2.05) is 6.92 Å². The van der Waals surface area contributed by atoms with Crippen LogP contribution in [0.1, 0.15) is 26.5 Å². The van der Waals surface area contributed by atoms with Gasteiger partial charge in [-0.25, -0.2) is 4.98 Å². The van der Waals surface area contributed by atoms with Crippen molar-refractivity contribution >= 4 is 22.4 Å². The van der Waals surface area contributed by atoms with Crippen LogP contribution in [0.4, 0.5) is 5.13 Å². The average molecular weight is 332 g/mol. The summed E-state index contributed by atoms with van der Waals surface area (Å²) in [5, 5.41) is 1.01. The number of aryl methyl sites for hydroxylation is 3. The van der Waals surface area contributed by atoms with E-state index in [1.54, 1.807) is 29.4 Å². The largest absolute Gasteiger partial charge is 0.366 e. The highest BCUT2D eigenvalue weighted by Gasteiger charge is 2.25. The van der Waals surface area contributed by atoms with Gasteiger partial charge in [-0.2, -0.15) is 0 Å². The highest BCUT2D eigenvalue weighted by Crippen LogP contribution is 2.26. The van der Waals surface area contributed by atoms with Gasteiger partial charge in [0.25, 0.3) is 5.91 Å². The quantitative estimate of drug-likeness (QED) is 0.909. The van der Waals surface area contributed by atoms with Crippen molar-refractivity contribution in [1.29, 1.82) is 0 Å². The van der Waals surface area contributed by atoms with Crippen molar-refractivity contribution in [3.05, 3.63) is 44.3 Å². The second-order valence-electron chi connectivity index (χ2n) is 5.80. The van der Waals surface area contributed by atoms with Crippen molar-refractivity contribution in [2.24, 2.45) is 0 Å². The van der Waals surface area contributed by atoms with Gasteiger partial charge >= 0.3 is 0 Å². The fourth-order valence-electron chi connectivity index (χ4n) is 2.61. The summed E-state index contributed by atoms with van der Waals surface area (Å²) in [5.74, 6) is -0.193. The Hall–Kier alpha value is -2.15. The van der Waals surface area contributed by atoms with Crippen LogP contribution in [-0.2, 0) is 0 Å². The van der Waals surface area contributed by atoms with Crippen LogP contribution in [0.5, 0.6) is 0 Å². The van der Waals surface area contributed by atoms with Crippen LogP contribution < -0.4 is 10.3 Å². The normalized spacial score (nSPS) is 15.1. The first-order valence-electron chi connectivity index (χ1n) is 7.63. The first-order chi connectivity index (χ1) is 11.0. The Balaban J connectivity index is 1.70. The first-order valence-corrected chi connectivity index (χ1v) is 8.45. The molecule has 0 aliphatic carbocycles. The molecule has 1 aliphatic heterocycles. The number of aromatic amines is 1. The number of hydrogen-bond acceptors (Lipinski definition) is 5. The number of amides is 1. The van der Waals surface area contributed by atoms with E-state index >= 15 is 0 Å². The van der Waals surface area contributed by atoms with Crippen LogP contribution in [0.2, 0.25) is 0 Å². The Morgan fingerprint density at radius 2 is 1.87 bits per heavy atom. The molecule has 3 rings (SSSR count). The van der Waals surface area contributed by atoms with E-state index in [2.05, 4.69) is 21.8 Å². The minimum absolute atomic E-state index is 0.192. The molecule has 0 bridgehead atoms. The number of carbonyl (C=O) groups is 1. The Morgan fingerprint density at radius 1 is 1.17 bits per heavy atom. The van der Waals surface area contributed by atoms with E-state index in [4.69, 9.17) is 0 Å². The molecule has 0 radical (unpaired) electrons. The molecular formula is C16H20N4O2S. The number of nitrogens with zero attached hydrogens (tertiary/aromatic N) is 3. The van der Waals surface area contributed by atoms with Gasteiger partial charge in [0.2, 0.25) is 0 Å². The van der Waals surface area contributed by atoms with Crippen molar-refractivity contribution in [1.82, 2.24) is 14.9 Å². The molecule has 0 atom stereocenters. The molecule has 3 heterocycles. The minimum Gasteiger partial charge on any atom is -0.366 e. The van der Waals surface area contributed by atoms with Gasteiger partial charge in [-0.05, 0) is 20.8 Å². The van der Waals surface area contributed by atoms with Crippen LogP contribution in [0.3, 0.4) is 0 Å². The Labute approximate surface area is 138 Å². The van der Waals surface area contributed by atoms with Gasteiger partial charge in [-0.3, -0.25) is 9.59 Å². The van der Waals surface area contributed by atoms with Crippen LogP contribution >= 0.6 is 11.3 Å². The molecule has 6 nitrogen and oxygen atoms in total.